The number of amides is 1. The maximum atomic E-state index is 12.9. The number of para-hydroxylation sites is 1. The largest absolute Gasteiger partial charge is 0.497 e. The van der Waals surface area contributed by atoms with Gasteiger partial charge in [-0.05, 0) is 24.6 Å². The highest BCUT2D eigenvalue weighted by Crippen LogP contribution is 2.45. The molecule has 1 aliphatic heterocycles. The van der Waals surface area contributed by atoms with Crippen molar-refractivity contribution in [3.63, 3.8) is 0 Å². The number of fused-ring (bicyclic) bond motifs is 3. The van der Waals surface area contributed by atoms with E-state index in [1.54, 1.807) is 25.2 Å². The van der Waals surface area contributed by atoms with E-state index in [2.05, 4.69) is 22.1 Å². The van der Waals surface area contributed by atoms with Crippen LogP contribution in [0.1, 0.15) is 38.5 Å². The molecule has 1 aliphatic rings. The minimum Gasteiger partial charge on any atom is -0.497 e. The molecule has 9 heteroatoms. The summed E-state index contributed by atoms with van der Waals surface area (Å²) in [5, 5.41) is 9.29. The molecule has 2 heterocycles. The number of nitrogens with zero attached hydrogens (tertiary/aromatic N) is 4. The predicted octanol–water partition coefficient (Wildman–Crippen LogP) is 4.89. The second-order valence-electron chi connectivity index (χ2n) is 7.43. The van der Waals surface area contributed by atoms with Gasteiger partial charge in [-0.1, -0.05) is 43.3 Å². The van der Waals surface area contributed by atoms with E-state index in [0.717, 1.165) is 24.2 Å². The number of carbonyl (C=O) groups is 1. The van der Waals surface area contributed by atoms with Crippen molar-refractivity contribution in [2.24, 2.45) is 0 Å². The molecule has 0 saturated carbocycles. The molecule has 0 aliphatic carbocycles. The highest BCUT2D eigenvalue weighted by molar-refractivity contribution is 7.99. The lowest BCUT2D eigenvalue weighted by atomic mass is 10.1. The van der Waals surface area contributed by atoms with Crippen LogP contribution < -0.4 is 19.1 Å². The Hall–Kier alpha value is -3.33. The van der Waals surface area contributed by atoms with Gasteiger partial charge in [-0.25, -0.2) is 0 Å². The molecule has 0 N–H and O–H groups in total. The van der Waals surface area contributed by atoms with E-state index in [0.29, 0.717) is 39.5 Å². The normalized spacial score (nSPS) is 14.5. The zero-order chi connectivity index (χ0) is 23.4. The number of thioether (sulfide) groups is 1. The summed E-state index contributed by atoms with van der Waals surface area (Å²) in [5.74, 6) is 2.19. The second kappa shape index (κ2) is 10.1. The first kappa shape index (κ1) is 22.8. The maximum Gasteiger partial charge on any atom is 0.247 e. The molecule has 2 aromatic carbocycles. The number of carbonyl (C=O) groups excluding carboxylic acids is 1. The molecule has 3 aromatic rings. The van der Waals surface area contributed by atoms with Crippen molar-refractivity contribution in [1.29, 1.82) is 0 Å². The van der Waals surface area contributed by atoms with Gasteiger partial charge in [0, 0.05) is 24.3 Å². The second-order valence-corrected chi connectivity index (χ2v) is 8.50. The van der Waals surface area contributed by atoms with Crippen LogP contribution in [-0.2, 0) is 4.79 Å². The van der Waals surface area contributed by atoms with Crippen molar-refractivity contribution in [2.75, 3.05) is 24.9 Å². The minimum absolute atomic E-state index is 0.191. The average Bonchev–Trinajstić information content (AvgIpc) is 2.98. The highest BCUT2D eigenvalue weighted by Gasteiger charge is 2.36. The Balaban J connectivity index is 1.88. The summed E-state index contributed by atoms with van der Waals surface area (Å²) >= 11 is 1.54. The van der Waals surface area contributed by atoms with Crippen molar-refractivity contribution in [1.82, 2.24) is 15.2 Å². The van der Waals surface area contributed by atoms with Crippen molar-refractivity contribution in [3.8, 4) is 28.6 Å². The summed E-state index contributed by atoms with van der Waals surface area (Å²) in [6, 6.07) is 12.9. The molecule has 1 unspecified atom stereocenters. The number of hydrogen-bond donors (Lipinski definition) is 0. The number of unbranched alkanes of at least 4 members (excludes halogenated alkanes) is 1. The average molecular weight is 467 g/mol. The molecule has 0 fully saturated rings. The molecule has 1 aromatic heterocycles. The van der Waals surface area contributed by atoms with Crippen molar-refractivity contribution < 1.29 is 19.0 Å². The van der Waals surface area contributed by atoms with Crippen molar-refractivity contribution in [3.05, 3.63) is 48.0 Å². The van der Waals surface area contributed by atoms with Gasteiger partial charge in [-0.3, -0.25) is 9.69 Å². The lowest BCUT2D eigenvalue weighted by Gasteiger charge is -2.30. The van der Waals surface area contributed by atoms with Gasteiger partial charge in [-0.2, -0.15) is 4.98 Å². The number of rotatable bonds is 7. The fourth-order valence-corrected chi connectivity index (χ4v) is 4.51. The van der Waals surface area contributed by atoms with Crippen LogP contribution in [0.2, 0.25) is 0 Å². The van der Waals surface area contributed by atoms with E-state index in [4.69, 9.17) is 14.2 Å². The fraction of sp³-hybridized carbons (Fsp3) is 0.333. The summed E-state index contributed by atoms with van der Waals surface area (Å²) in [6.45, 7) is 3.64. The molecule has 4 rings (SSSR count). The van der Waals surface area contributed by atoms with Gasteiger partial charge in [0.25, 0.3) is 0 Å². The first-order valence-electron chi connectivity index (χ1n) is 10.7. The summed E-state index contributed by atoms with van der Waals surface area (Å²) in [7, 11) is 3.16. The van der Waals surface area contributed by atoms with Gasteiger partial charge in [0.15, 0.2) is 5.69 Å². The van der Waals surface area contributed by atoms with Crippen molar-refractivity contribution in [2.45, 2.75) is 38.1 Å². The first-order chi connectivity index (χ1) is 16.1. The standard InChI is InChI=1S/C24H26N4O4S/c1-5-6-13-33-24-25-22-21(26-27-24)17-9-7-8-10-19(17)28(15(2)29)23(32-22)18-12-11-16(30-3)14-20(18)31-4/h7-12,14,23H,5-6,13H2,1-4H3. The number of ether oxygens (including phenoxy) is 3. The topological polar surface area (TPSA) is 86.7 Å². The lowest BCUT2D eigenvalue weighted by molar-refractivity contribution is -0.118. The SMILES string of the molecule is CCCCSc1nnc2c(n1)OC(c1ccc(OC)cc1OC)N(C(C)=O)c1ccccc1-2. The van der Waals surface area contributed by atoms with Crippen molar-refractivity contribution >= 4 is 23.4 Å². The molecule has 1 amide bonds. The number of hydrogen-bond acceptors (Lipinski definition) is 8. The van der Waals surface area contributed by atoms with E-state index in [-0.39, 0.29) is 5.91 Å². The van der Waals surface area contributed by atoms with Crippen LogP contribution in [0.3, 0.4) is 0 Å². The molecule has 33 heavy (non-hydrogen) atoms. The Morgan fingerprint density at radius 2 is 1.97 bits per heavy atom. The molecule has 0 radical (unpaired) electrons. The Morgan fingerprint density at radius 3 is 2.70 bits per heavy atom. The Kier molecular flexibility index (Phi) is 6.98. The predicted molar refractivity (Wildman–Crippen MR) is 127 cm³/mol. The van der Waals surface area contributed by atoms with Crippen LogP contribution in [-0.4, -0.2) is 41.1 Å². The third-order valence-electron chi connectivity index (χ3n) is 5.29. The van der Waals surface area contributed by atoms with Gasteiger partial charge in [0.2, 0.25) is 23.2 Å². The molecule has 0 spiro atoms. The minimum atomic E-state index is -0.823. The molecular weight excluding hydrogens is 440 g/mol. The maximum absolute atomic E-state index is 12.9. The van der Waals surface area contributed by atoms with E-state index in [9.17, 15) is 4.79 Å². The Morgan fingerprint density at radius 1 is 1.15 bits per heavy atom. The third kappa shape index (κ3) is 4.59. The number of anilines is 1. The van der Waals surface area contributed by atoms with Crippen LogP contribution in [0.5, 0.6) is 17.4 Å². The van der Waals surface area contributed by atoms with E-state index in [1.165, 1.54) is 18.7 Å². The zero-order valence-electron chi connectivity index (χ0n) is 19.1. The smallest absolute Gasteiger partial charge is 0.247 e. The molecular formula is C24H26N4O4S. The van der Waals surface area contributed by atoms with Gasteiger partial charge in [0.05, 0.1) is 25.5 Å². The van der Waals surface area contributed by atoms with Crippen LogP contribution in [0.4, 0.5) is 5.69 Å². The molecule has 0 saturated heterocycles. The van der Waals surface area contributed by atoms with Crippen LogP contribution in [0.15, 0.2) is 47.6 Å². The van der Waals surface area contributed by atoms with Crippen LogP contribution >= 0.6 is 11.8 Å². The summed E-state index contributed by atoms with van der Waals surface area (Å²) in [4.78, 5) is 19.2. The third-order valence-corrected chi connectivity index (χ3v) is 6.21. The van der Waals surface area contributed by atoms with E-state index in [1.807, 2.05) is 36.4 Å². The van der Waals surface area contributed by atoms with Gasteiger partial charge >= 0.3 is 0 Å². The Bertz CT molecular complexity index is 1160. The monoisotopic (exact) mass is 466 g/mol. The fourth-order valence-electron chi connectivity index (χ4n) is 3.65. The number of aromatic nitrogens is 3. The van der Waals surface area contributed by atoms with Gasteiger partial charge in [-0.15, -0.1) is 10.2 Å². The molecule has 8 nitrogen and oxygen atoms in total. The quantitative estimate of drug-likeness (QED) is 0.359. The first-order valence-corrected chi connectivity index (χ1v) is 11.7. The highest BCUT2D eigenvalue weighted by atomic mass is 32.2. The van der Waals surface area contributed by atoms with Gasteiger partial charge < -0.3 is 14.2 Å². The number of benzene rings is 2. The van der Waals surface area contributed by atoms with Crippen LogP contribution in [0.25, 0.3) is 11.3 Å². The van der Waals surface area contributed by atoms with Gasteiger partial charge in [0.1, 0.15) is 11.5 Å². The lowest BCUT2D eigenvalue weighted by Crippen LogP contribution is -2.36. The van der Waals surface area contributed by atoms with E-state index >= 15 is 0 Å². The number of methoxy groups -OCH3 is 2. The molecule has 172 valence electrons. The van der Waals surface area contributed by atoms with E-state index < -0.39 is 6.23 Å². The molecule has 1 atom stereocenters. The summed E-state index contributed by atoms with van der Waals surface area (Å²) in [6.07, 6.45) is 1.32. The summed E-state index contributed by atoms with van der Waals surface area (Å²) in [5.41, 5.74) is 2.54. The Labute approximate surface area is 197 Å². The molecule has 0 bridgehead atoms. The summed E-state index contributed by atoms with van der Waals surface area (Å²) < 4.78 is 17.4. The zero-order valence-corrected chi connectivity index (χ0v) is 19.9. The van der Waals surface area contributed by atoms with Crippen LogP contribution in [0, 0.1) is 0 Å².